The van der Waals surface area contributed by atoms with Crippen LogP contribution in [0.25, 0.3) is 0 Å². The topological polar surface area (TPSA) is 270 Å². The van der Waals surface area contributed by atoms with Crippen LogP contribution >= 0.6 is 0 Å². The molecule has 6 aliphatic heterocycles. The van der Waals surface area contributed by atoms with E-state index < -0.39 is 160 Å². The Labute approximate surface area is 405 Å². The summed E-state index contributed by atoms with van der Waals surface area (Å²) < 4.78 is 0. The third kappa shape index (κ3) is 8.34. The molecule has 0 bridgehead atoms. The van der Waals surface area contributed by atoms with Gasteiger partial charge in [-0.25, -0.2) is 14.4 Å². The van der Waals surface area contributed by atoms with Crippen molar-refractivity contribution in [3.63, 3.8) is 0 Å². The molecule has 6 aliphatic rings. The van der Waals surface area contributed by atoms with Crippen LogP contribution in [0.5, 0.6) is 0 Å². The van der Waals surface area contributed by atoms with Crippen LogP contribution < -0.4 is 16.0 Å². The smallest absolute Gasteiger partial charge is 0.325 e. The van der Waals surface area contributed by atoms with Gasteiger partial charge in [0.15, 0.2) is 0 Å². The number of nitrogens with zero attached hydrogens (tertiary/aromatic N) is 6. The van der Waals surface area contributed by atoms with Gasteiger partial charge in [0.05, 0.1) is 17.3 Å². The van der Waals surface area contributed by atoms with Crippen LogP contribution in [0.15, 0.2) is 0 Å². The van der Waals surface area contributed by atoms with Crippen molar-refractivity contribution in [2.24, 2.45) is 10.8 Å². The number of aliphatic carboxylic acids is 3. The van der Waals surface area contributed by atoms with Gasteiger partial charge in [0.25, 0.3) is 17.7 Å². The summed E-state index contributed by atoms with van der Waals surface area (Å²) in [5.41, 5.74) is -13.6. The number of urea groups is 3. The second-order valence-corrected chi connectivity index (χ2v) is 25.1. The van der Waals surface area contributed by atoms with Crippen molar-refractivity contribution in [1.29, 1.82) is 0 Å². The van der Waals surface area contributed by atoms with Crippen LogP contribution in [0.1, 0.15) is 147 Å². The van der Waals surface area contributed by atoms with Crippen molar-refractivity contribution < 1.29 is 58.5 Å². The molecule has 6 N–H and O–H groups in total. The number of imide groups is 3. The zero-order valence-electron chi connectivity index (χ0n) is 43.4. The maximum Gasteiger partial charge on any atom is 0.325 e. The summed E-state index contributed by atoms with van der Waals surface area (Å²) in [7, 11) is 5.74. The summed E-state index contributed by atoms with van der Waals surface area (Å²) >= 11 is 0. The van der Waals surface area contributed by atoms with Crippen LogP contribution in [0, 0.1) is 10.8 Å². The first kappa shape index (κ1) is 53.5. The summed E-state index contributed by atoms with van der Waals surface area (Å²) in [6.07, 6.45) is -2.88. The summed E-state index contributed by atoms with van der Waals surface area (Å²) in [6.45, 7) is 21.0. The molecule has 0 aliphatic carbocycles. The van der Waals surface area contributed by atoms with Crippen molar-refractivity contribution in [2.45, 2.75) is 197 Å². The van der Waals surface area contributed by atoms with Crippen LogP contribution in [0.4, 0.5) is 14.4 Å². The fraction of sp³-hybridized carbons (Fsp3) is 0.812. The number of piperidine rings is 3. The van der Waals surface area contributed by atoms with Gasteiger partial charge in [-0.15, -0.1) is 0 Å². The highest BCUT2D eigenvalue weighted by Crippen LogP contribution is 2.54. The minimum Gasteiger partial charge on any atom is -0.481 e. The van der Waals surface area contributed by atoms with Crippen LogP contribution in [-0.4, -0.2) is 189 Å². The second-order valence-electron chi connectivity index (χ2n) is 25.1. The lowest BCUT2D eigenvalue weighted by Gasteiger charge is -2.56. The number of rotatable bonds is 14. The molecule has 9 amide bonds. The zero-order chi connectivity index (χ0) is 52.5. The molecule has 6 fully saturated rings. The van der Waals surface area contributed by atoms with E-state index in [0.717, 1.165) is 14.7 Å². The number of carboxylic acids is 3. The summed E-state index contributed by atoms with van der Waals surface area (Å²) in [4.78, 5) is 136. The Morgan fingerprint density at radius 3 is 0.855 bits per heavy atom. The third-order valence-electron chi connectivity index (χ3n) is 18.1. The summed E-state index contributed by atoms with van der Waals surface area (Å²) in [5, 5.41) is 42.3. The first-order chi connectivity index (χ1) is 31.2. The number of hydrogen-bond acceptors (Lipinski definition) is 12. The minimum atomic E-state index is -2.89. The molecule has 0 radical (unpaired) electrons. The van der Waals surface area contributed by atoms with E-state index in [1.165, 1.54) is 0 Å². The maximum absolute atomic E-state index is 14.7. The van der Waals surface area contributed by atoms with E-state index in [1.54, 1.807) is 0 Å². The number of likely N-dealkylation sites (tertiary alicyclic amines) is 3. The van der Waals surface area contributed by atoms with E-state index in [0.29, 0.717) is 0 Å². The van der Waals surface area contributed by atoms with Crippen LogP contribution in [0.2, 0.25) is 0 Å². The lowest BCUT2D eigenvalue weighted by Crippen LogP contribution is -2.68. The molecule has 0 aromatic carbocycles. The SMILES string of the molecule is CN1C(C)(C)CC2(CC1(C)C)NC(=O)N(CCC(CCN1C(=O)NC3(CC(C)(C)N(C)C(C)(C)C3)C1=O)(C(=O)O)C(CCN1C(=O)NC3(CC(C)(C)N(C)C(C)(C)C3)C1=O)(CC(=O)O)C(=O)O)C2=O. The van der Waals surface area contributed by atoms with Gasteiger partial charge in [-0.1, -0.05) is 0 Å². The van der Waals surface area contributed by atoms with Crippen molar-refractivity contribution in [3.8, 4) is 0 Å². The van der Waals surface area contributed by atoms with E-state index >= 15 is 0 Å². The molecule has 0 aromatic heterocycles. The highest BCUT2D eigenvalue weighted by molar-refractivity contribution is 6.09. The van der Waals surface area contributed by atoms with Gasteiger partial charge < -0.3 is 31.3 Å². The Morgan fingerprint density at radius 1 is 0.435 bits per heavy atom. The standard InChI is InChI=1S/C48H77N9O12/c1-38(2)23-46(24-39(3,4)52(38)13)30(60)55(35(67)49-46)19-16-44(33(63)64,17-20-56-31(61)47(50-36(56)68)25-40(5,6)53(14)41(7,8)26-47)45(34(65)66,22-29(58)59)18-21-57-32(62)48(51-37(57)69)27-42(9,10)54(15)43(11,12)28-48/h16-28H2,1-15H3,(H,49,67)(H,50,68)(H,51,69)(H,58,59)(H,63,64)(H,65,66). The Morgan fingerprint density at radius 2 is 0.652 bits per heavy atom. The molecule has 1 unspecified atom stereocenters. The van der Waals surface area contributed by atoms with Gasteiger partial charge in [0.2, 0.25) is 0 Å². The Balaban J connectivity index is 1.43. The molecule has 6 heterocycles. The maximum atomic E-state index is 14.7. The van der Waals surface area contributed by atoms with Gasteiger partial charge in [0.1, 0.15) is 16.6 Å². The molecule has 386 valence electrons. The minimum absolute atomic E-state index is 0.176. The van der Waals surface area contributed by atoms with Crippen molar-refractivity contribution in [3.05, 3.63) is 0 Å². The van der Waals surface area contributed by atoms with Gasteiger partial charge in [-0.2, -0.15) is 0 Å². The van der Waals surface area contributed by atoms with E-state index in [9.17, 15) is 58.5 Å². The van der Waals surface area contributed by atoms with Crippen molar-refractivity contribution >= 4 is 53.7 Å². The number of nitrogens with one attached hydrogen (secondary N) is 3. The molecular formula is C48H77N9O12. The van der Waals surface area contributed by atoms with Crippen LogP contribution in [-0.2, 0) is 28.8 Å². The molecule has 0 saturated carbocycles. The monoisotopic (exact) mass is 972 g/mol. The number of carbonyl (C=O) groups is 9. The molecule has 21 nitrogen and oxygen atoms in total. The third-order valence-corrected chi connectivity index (χ3v) is 18.1. The normalized spacial score (nSPS) is 27.4. The predicted molar refractivity (Wildman–Crippen MR) is 251 cm³/mol. The summed E-state index contributed by atoms with van der Waals surface area (Å²) in [6, 6.07) is -2.58. The lowest BCUT2D eigenvalue weighted by atomic mass is 9.56. The quantitative estimate of drug-likeness (QED) is 0.136. The molecule has 6 rings (SSSR count). The van der Waals surface area contributed by atoms with Crippen LogP contribution in [0.3, 0.4) is 0 Å². The Kier molecular flexibility index (Phi) is 12.7. The van der Waals surface area contributed by atoms with E-state index in [-0.39, 0.29) is 38.5 Å². The first-order valence-corrected chi connectivity index (χ1v) is 24.0. The average Bonchev–Trinajstić information content (AvgIpc) is 3.63. The molecule has 21 heteroatoms. The Hall–Kier alpha value is -4.89. The molecule has 1 atom stereocenters. The lowest BCUT2D eigenvalue weighted by molar-refractivity contribution is -0.182. The number of carboxylic acid groups (broad SMARTS) is 3. The largest absolute Gasteiger partial charge is 0.481 e. The van der Waals surface area contributed by atoms with E-state index in [1.807, 2.05) is 104 Å². The highest BCUT2D eigenvalue weighted by atomic mass is 16.4. The van der Waals surface area contributed by atoms with Crippen molar-refractivity contribution in [1.82, 2.24) is 45.3 Å². The molecule has 6 saturated heterocycles. The summed E-state index contributed by atoms with van der Waals surface area (Å²) in [5.74, 6) is -7.50. The average molecular weight is 972 g/mol. The number of hydrogen-bond donors (Lipinski definition) is 6. The Bertz CT molecular complexity index is 2110. The van der Waals surface area contributed by atoms with E-state index in [4.69, 9.17) is 0 Å². The molecule has 69 heavy (non-hydrogen) atoms. The second kappa shape index (κ2) is 16.3. The predicted octanol–water partition coefficient (Wildman–Crippen LogP) is 3.49. The first-order valence-electron chi connectivity index (χ1n) is 24.0. The molecular weight excluding hydrogens is 895 g/mol. The molecule has 0 aromatic rings. The number of carbonyl (C=O) groups excluding carboxylic acids is 6. The molecule has 3 spiro atoms. The fourth-order valence-electron chi connectivity index (χ4n) is 14.2. The van der Waals surface area contributed by atoms with Gasteiger partial charge in [-0.3, -0.25) is 58.2 Å². The highest BCUT2D eigenvalue weighted by Gasteiger charge is 2.67. The van der Waals surface area contributed by atoms with Gasteiger partial charge >= 0.3 is 36.0 Å². The van der Waals surface area contributed by atoms with E-state index in [2.05, 4.69) is 30.7 Å². The zero-order valence-corrected chi connectivity index (χ0v) is 43.4. The van der Waals surface area contributed by atoms with Crippen molar-refractivity contribution in [2.75, 3.05) is 40.8 Å². The van der Waals surface area contributed by atoms with Gasteiger partial charge in [-0.05, 0) is 162 Å². The fourth-order valence-corrected chi connectivity index (χ4v) is 14.2. The van der Waals surface area contributed by atoms with Gasteiger partial charge in [0, 0.05) is 52.9 Å². The number of amides is 9.